The SMILES string of the molecule is COc1ccc2c(c1)CCN2S(=O)(=O)c1ccc2c(c1)C(=Cc1[nH]c(C)c(C(=O)N3CCN(C)CC3)c1C)C(=O)N2. The summed E-state index contributed by atoms with van der Waals surface area (Å²) in [5.41, 5.74) is 5.68. The standard InChI is InChI=1S/C30H33N5O5S/c1-18-26(31-19(2)28(18)30(37)34-13-11-33(3)12-14-34)17-24-23-16-22(6-7-25(23)32-29(24)36)41(38,39)35-10-9-20-15-21(40-4)5-8-27(20)35/h5-8,15-17,31H,9-14H2,1-4H3,(H,32,36). The van der Waals surface area contributed by atoms with Crippen molar-refractivity contribution in [1.29, 1.82) is 0 Å². The zero-order valence-electron chi connectivity index (χ0n) is 23.6. The highest BCUT2D eigenvalue weighted by molar-refractivity contribution is 7.92. The minimum absolute atomic E-state index is 0.0258. The first-order valence-electron chi connectivity index (χ1n) is 13.6. The van der Waals surface area contributed by atoms with Gasteiger partial charge in [-0.3, -0.25) is 13.9 Å². The molecule has 11 heteroatoms. The molecule has 3 aliphatic rings. The fourth-order valence-corrected chi connectivity index (χ4v) is 7.40. The Morgan fingerprint density at radius 2 is 1.78 bits per heavy atom. The number of hydrogen-bond donors (Lipinski definition) is 2. The van der Waals surface area contributed by atoms with E-state index in [0.29, 0.717) is 65.6 Å². The third-order valence-corrected chi connectivity index (χ3v) is 10.1. The number of methoxy groups -OCH3 is 1. The molecule has 0 aliphatic carbocycles. The zero-order valence-corrected chi connectivity index (χ0v) is 24.4. The Morgan fingerprint density at radius 3 is 2.51 bits per heavy atom. The Kier molecular flexibility index (Phi) is 6.66. The second kappa shape index (κ2) is 10.1. The van der Waals surface area contributed by atoms with Crippen LogP contribution in [0.15, 0.2) is 41.3 Å². The highest BCUT2D eigenvalue weighted by Gasteiger charge is 2.34. The molecule has 6 rings (SSSR count). The van der Waals surface area contributed by atoms with E-state index >= 15 is 0 Å². The van der Waals surface area contributed by atoms with Crippen LogP contribution in [0.4, 0.5) is 11.4 Å². The van der Waals surface area contributed by atoms with Crippen molar-refractivity contribution >= 4 is 44.9 Å². The van der Waals surface area contributed by atoms with Crippen molar-refractivity contribution < 1.29 is 22.7 Å². The first-order chi connectivity index (χ1) is 19.6. The van der Waals surface area contributed by atoms with Crippen LogP contribution < -0.4 is 14.4 Å². The largest absolute Gasteiger partial charge is 0.497 e. The topological polar surface area (TPSA) is 115 Å². The molecule has 214 valence electrons. The summed E-state index contributed by atoms with van der Waals surface area (Å²) in [6, 6.07) is 10.1. The van der Waals surface area contributed by atoms with Crippen molar-refractivity contribution in [3.05, 3.63) is 70.0 Å². The van der Waals surface area contributed by atoms with E-state index in [4.69, 9.17) is 4.74 Å². The summed E-state index contributed by atoms with van der Waals surface area (Å²) in [5.74, 6) is 0.331. The lowest BCUT2D eigenvalue weighted by molar-refractivity contribution is -0.110. The average molecular weight is 576 g/mol. The Balaban J connectivity index is 1.33. The van der Waals surface area contributed by atoms with Gasteiger partial charge in [0.2, 0.25) is 0 Å². The Hall–Kier alpha value is -4.09. The molecule has 2 N–H and O–H groups in total. The van der Waals surface area contributed by atoms with Gasteiger partial charge < -0.3 is 24.8 Å². The molecule has 0 unspecified atom stereocenters. The molecule has 10 nitrogen and oxygen atoms in total. The highest BCUT2D eigenvalue weighted by atomic mass is 32.2. The van der Waals surface area contributed by atoms with Crippen LogP contribution in [-0.4, -0.2) is 81.9 Å². The first kappa shape index (κ1) is 27.1. The number of aromatic amines is 1. The number of piperazine rings is 1. The number of nitrogens with one attached hydrogen (secondary N) is 2. The zero-order chi connectivity index (χ0) is 29.1. The van der Waals surface area contributed by atoms with E-state index in [1.807, 2.05) is 31.9 Å². The molecule has 2 aromatic carbocycles. The maximum absolute atomic E-state index is 13.8. The number of rotatable bonds is 5. The smallest absolute Gasteiger partial charge is 0.264 e. The molecule has 0 saturated carbocycles. The first-order valence-corrected chi connectivity index (χ1v) is 15.1. The molecule has 2 amide bonds. The molecule has 1 fully saturated rings. The van der Waals surface area contributed by atoms with Gasteiger partial charge in [0.25, 0.3) is 21.8 Å². The number of H-pyrrole nitrogens is 1. The number of sulfonamides is 1. The van der Waals surface area contributed by atoms with Gasteiger partial charge >= 0.3 is 0 Å². The number of aryl methyl sites for hydroxylation is 1. The van der Waals surface area contributed by atoms with Crippen molar-refractivity contribution in [3.8, 4) is 5.75 Å². The second-order valence-electron chi connectivity index (χ2n) is 10.8. The molecular formula is C30H33N5O5S. The number of nitrogens with zero attached hydrogens (tertiary/aromatic N) is 3. The number of amides is 2. The van der Waals surface area contributed by atoms with Crippen LogP contribution in [-0.2, 0) is 21.2 Å². The summed E-state index contributed by atoms with van der Waals surface area (Å²) in [6.07, 6.45) is 2.29. The molecule has 1 saturated heterocycles. The van der Waals surface area contributed by atoms with Crippen LogP contribution in [0, 0.1) is 13.8 Å². The molecule has 41 heavy (non-hydrogen) atoms. The fourth-order valence-electron chi connectivity index (χ4n) is 5.87. The minimum Gasteiger partial charge on any atom is -0.497 e. The van der Waals surface area contributed by atoms with Gasteiger partial charge in [0.1, 0.15) is 5.75 Å². The summed E-state index contributed by atoms with van der Waals surface area (Å²) in [4.78, 5) is 33.9. The van der Waals surface area contributed by atoms with Gasteiger partial charge in [0.05, 0.1) is 28.8 Å². The van der Waals surface area contributed by atoms with E-state index in [9.17, 15) is 18.0 Å². The number of anilines is 2. The lowest BCUT2D eigenvalue weighted by Crippen LogP contribution is -2.47. The van der Waals surface area contributed by atoms with Crippen molar-refractivity contribution in [2.45, 2.75) is 25.2 Å². The number of carbonyl (C=O) groups is 2. The fraction of sp³-hybridized carbons (Fsp3) is 0.333. The van der Waals surface area contributed by atoms with Crippen LogP contribution in [0.25, 0.3) is 11.6 Å². The Morgan fingerprint density at radius 1 is 1.02 bits per heavy atom. The van der Waals surface area contributed by atoms with E-state index in [1.54, 1.807) is 37.5 Å². The normalized spacial score (nSPS) is 18.0. The van der Waals surface area contributed by atoms with E-state index < -0.39 is 10.0 Å². The maximum Gasteiger partial charge on any atom is 0.264 e. The van der Waals surface area contributed by atoms with Gasteiger partial charge in [-0.25, -0.2) is 8.42 Å². The number of fused-ring (bicyclic) bond motifs is 2. The number of carbonyl (C=O) groups excluding carboxylic acids is 2. The van der Waals surface area contributed by atoms with Crippen LogP contribution in [0.2, 0.25) is 0 Å². The third kappa shape index (κ3) is 4.58. The van der Waals surface area contributed by atoms with Gasteiger partial charge in [-0.2, -0.15) is 0 Å². The summed E-state index contributed by atoms with van der Waals surface area (Å²) >= 11 is 0. The molecule has 3 aliphatic heterocycles. The van der Waals surface area contributed by atoms with Crippen molar-refractivity contribution in [1.82, 2.24) is 14.8 Å². The predicted octanol–water partition coefficient (Wildman–Crippen LogP) is 3.27. The molecule has 0 atom stereocenters. The molecule has 0 bridgehead atoms. The summed E-state index contributed by atoms with van der Waals surface area (Å²) in [5, 5.41) is 2.84. The van der Waals surface area contributed by atoms with Gasteiger partial charge in [0, 0.05) is 55.4 Å². The number of hydrogen-bond acceptors (Lipinski definition) is 6. The van der Waals surface area contributed by atoms with E-state index in [1.165, 1.54) is 10.4 Å². The molecule has 0 radical (unpaired) electrons. The number of aromatic nitrogens is 1. The van der Waals surface area contributed by atoms with Crippen LogP contribution in [0.1, 0.15) is 38.4 Å². The lowest BCUT2D eigenvalue weighted by Gasteiger charge is -2.32. The van der Waals surface area contributed by atoms with E-state index in [0.717, 1.165) is 29.9 Å². The van der Waals surface area contributed by atoms with Crippen molar-refractivity contribution in [2.24, 2.45) is 0 Å². The summed E-state index contributed by atoms with van der Waals surface area (Å²) in [7, 11) is -0.256. The molecule has 0 spiro atoms. The molecule has 4 heterocycles. The number of benzene rings is 2. The predicted molar refractivity (Wildman–Crippen MR) is 158 cm³/mol. The number of ether oxygens (including phenoxy) is 1. The number of likely N-dealkylation sites (N-methyl/N-ethyl adjacent to an activating group) is 1. The lowest BCUT2D eigenvalue weighted by atomic mass is 10.0. The molecule has 3 aromatic rings. The average Bonchev–Trinajstić information content (AvgIpc) is 3.61. The Bertz CT molecular complexity index is 1720. The monoisotopic (exact) mass is 575 g/mol. The third-order valence-electron chi connectivity index (χ3n) is 8.27. The van der Waals surface area contributed by atoms with Crippen LogP contribution >= 0.6 is 0 Å². The summed E-state index contributed by atoms with van der Waals surface area (Å²) in [6.45, 7) is 7.03. The van der Waals surface area contributed by atoms with Gasteiger partial charge in [-0.1, -0.05) is 0 Å². The van der Waals surface area contributed by atoms with Crippen LogP contribution in [0.5, 0.6) is 5.75 Å². The second-order valence-corrected chi connectivity index (χ2v) is 12.7. The van der Waals surface area contributed by atoms with Crippen molar-refractivity contribution in [2.75, 3.05) is 56.5 Å². The van der Waals surface area contributed by atoms with Crippen molar-refractivity contribution in [3.63, 3.8) is 0 Å². The minimum atomic E-state index is -3.88. The highest BCUT2D eigenvalue weighted by Crippen LogP contribution is 2.39. The quantitative estimate of drug-likeness (QED) is 0.452. The van der Waals surface area contributed by atoms with E-state index in [-0.39, 0.29) is 16.7 Å². The summed E-state index contributed by atoms with van der Waals surface area (Å²) < 4.78 is 34.2. The van der Waals surface area contributed by atoms with E-state index in [2.05, 4.69) is 15.2 Å². The molecule has 1 aromatic heterocycles. The van der Waals surface area contributed by atoms with Gasteiger partial charge in [0.15, 0.2) is 0 Å². The molecular weight excluding hydrogens is 542 g/mol. The Labute approximate surface area is 239 Å². The van der Waals surface area contributed by atoms with Gasteiger partial charge in [-0.15, -0.1) is 0 Å². The van der Waals surface area contributed by atoms with Crippen LogP contribution in [0.3, 0.4) is 0 Å². The van der Waals surface area contributed by atoms with Gasteiger partial charge in [-0.05, 0) is 80.9 Å². The maximum atomic E-state index is 13.8.